The molecule has 60 heavy (non-hydrogen) atoms. The summed E-state index contributed by atoms with van der Waals surface area (Å²) in [7, 11) is 0. The van der Waals surface area contributed by atoms with Gasteiger partial charge in [0.1, 0.15) is 0 Å². The average Bonchev–Trinajstić information content (AvgIpc) is 3.33. The molecule has 0 N–H and O–H groups in total. The molecular weight excluding hydrogens is 723 g/mol. The zero-order valence-electron chi connectivity index (χ0n) is 33.7. The smallest absolute Gasteiger partial charge is 0.0546 e. The largest absolute Gasteiger partial charge is 0.309 e. The van der Waals surface area contributed by atoms with E-state index in [4.69, 9.17) is 0 Å². The molecule has 0 saturated heterocycles. The fourth-order valence-corrected chi connectivity index (χ4v) is 8.13. The zero-order chi connectivity index (χ0) is 40.7. The summed E-state index contributed by atoms with van der Waals surface area (Å²) in [5.74, 6) is 0. The molecule has 9 aromatic carbocycles. The summed E-state index contributed by atoms with van der Waals surface area (Å²) in [4.78, 5) is 2.42. The lowest BCUT2D eigenvalue weighted by molar-refractivity contribution is 1.27. The summed E-state index contributed by atoms with van der Waals surface area (Å²) in [6.45, 7) is 6.76. The second-order valence-electron chi connectivity index (χ2n) is 14.9. The lowest BCUT2D eigenvalue weighted by atomic mass is 9.93. The van der Waals surface area contributed by atoms with Crippen LogP contribution in [-0.2, 0) is 0 Å². The third-order valence-electron chi connectivity index (χ3n) is 11.2. The number of nitrogens with zero attached hydrogens (tertiary/aromatic N) is 1. The van der Waals surface area contributed by atoms with Gasteiger partial charge in [-0.15, -0.1) is 0 Å². The van der Waals surface area contributed by atoms with Crippen molar-refractivity contribution in [2.24, 2.45) is 0 Å². The predicted octanol–water partition coefficient (Wildman–Crippen LogP) is 16.7. The number of para-hydroxylation sites is 1. The van der Waals surface area contributed by atoms with Crippen molar-refractivity contribution >= 4 is 39.0 Å². The van der Waals surface area contributed by atoms with Gasteiger partial charge in [-0.1, -0.05) is 225 Å². The molecule has 0 aliphatic carbocycles. The van der Waals surface area contributed by atoms with Crippen molar-refractivity contribution in [3.8, 4) is 44.5 Å². The van der Waals surface area contributed by atoms with E-state index in [1.54, 1.807) is 0 Å². The number of rotatable bonds is 11. The Hall–Kier alpha value is -7.74. The second-order valence-corrected chi connectivity index (χ2v) is 14.9. The first kappa shape index (κ1) is 37.8. The standard InChI is InChI=1S/C59H45N/c1-3-44(45-18-7-4-8-19-45)31-30-43(2)54-26-15-16-29-58(54)60(53-39-36-49(37-40-53)48-34-32-47(33-35-48)46-20-9-5-10-21-46)59-42-52(38-41-57(59)51-22-11-6-12-23-51)56-28-17-25-50-24-13-14-27-55(50)56/h3-42H,2H2,1H3/b31-30-,44-3+. The summed E-state index contributed by atoms with van der Waals surface area (Å²) in [6, 6.07) is 80.4. The Bertz CT molecular complexity index is 2950. The Kier molecular flexibility index (Phi) is 11.0. The summed E-state index contributed by atoms with van der Waals surface area (Å²) in [6.07, 6.45) is 6.47. The van der Waals surface area contributed by atoms with Crippen LogP contribution in [0.25, 0.3) is 66.4 Å². The molecule has 9 aromatic rings. The minimum absolute atomic E-state index is 0.924. The molecule has 9 rings (SSSR count). The first-order valence-corrected chi connectivity index (χ1v) is 20.6. The van der Waals surface area contributed by atoms with E-state index in [9.17, 15) is 0 Å². The van der Waals surface area contributed by atoms with E-state index in [1.165, 1.54) is 38.6 Å². The first-order valence-electron chi connectivity index (χ1n) is 20.6. The monoisotopic (exact) mass is 767 g/mol. The maximum atomic E-state index is 4.68. The van der Waals surface area contributed by atoms with Gasteiger partial charge in [-0.05, 0) is 97.6 Å². The Morgan fingerprint density at radius 3 is 1.63 bits per heavy atom. The van der Waals surface area contributed by atoms with E-state index in [-0.39, 0.29) is 0 Å². The minimum Gasteiger partial charge on any atom is -0.309 e. The van der Waals surface area contributed by atoms with Crippen molar-refractivity contribution < 1.29 is 0 Å². The first-order chi connectivity index (χ1) is 29.6. The Morgan fingerprint density at radius 2 is 0.950 bits per heavy atom. The molecule has 0 aromatic heterocycles. The fourth-order valence-electron chi connectivity index (χ4n) is 8.13. The number of hydrogen-bond donors (Lipinski definition) is 0. The summed E-state index contributed by atoms with van der Waals surface area (Å²) in [5.41, 5.74) is 16.8. The fraction of sp³-hybridized carbons (Fsp3) is 0.0169. The molecule has 1 heteroatoms. The van der Waals surface area contributed by atoms with E-state index in [2.05, 4.69) is 261 Å². The second kappa shape index (κ2) is 17.4. The van der Waals surface area contributed by atoms with Crippen molar-refractivity contribution in [1.82, 2.24) is 0 Å². The van der Waals surface area contributed by atoms with Gasteiger partial charge in [0.05, 0.1) is 11.4 Å². The van der Waals surface area contributed by atoms with Crippen LogP contribution in [0.15, 0.2) is 249 Å². The molecule has 0 atom stereocenters. The van der Waals surface area contributed by atoms with Crippen LogP contribution in [0.3, 0.4) is 0 Å². The van der Waals surface area contributed by atoms with Gasteiger partial charge in [-0.25, -0.2) is 0 Å². The molecule has 0 saturated carbocycles. The van der Waals surface area contributed by atoms with Crippen LogP contribution in [-0.4, -0.2) is 0 Å². The van der Waals surface area contributed by atoms with Crippen LogP contribution < -0.4 is 4.90 Å². The van der Waals surface area contributed by atoms with Crippen LogP contribution in [0, 0.1) is 0 Å². The number of benzene rings is 9. The molecule has 0 heterocycles. The van der Waals surface area contributed by atoms with Gasteiger partial charge >= 0.3 is 0 Å². The Balaban J connectivity index is 1.20. The maximum absolute atomic E-state index is 4.68. The maximum Gasteiger partial charge on any atom is 0.0546 e. The van der Waals surface area contributed by atoms with Gasteiger partial charge in [-0.2, -0.15) is 0 Å². The van der Waals surface area contributed by atoms with Crippen LogP contribution in [0.4, 0.5) is 17.1 Å². The van der Waals surface area contributed by atoms with Crippen molar-refractivity contribution in [1.29, 1.82) is 0 Å². The average molecular weight is 768 g/mol. The molecule has 0 fully saturated rings. The highest BCUT2D eigenvalue weighted by Gasteiger charge is 2.22. The van der Waals surface area contributed by atoms with Crippen molar-refractivity contribution in [3.63, 3.8) is 0 Å². The van der Waals surface area contributed by atoms with Crippen molar-refractivity contribution in [2.75, 3.05) is 4.90 Å². The van der Waals surface area contributed by atoms with Gasteiger partial charge in [-0.3, -0.25) is 0 Å². The van der Waals surface area contributed by atoms with Gasteiger partial charge in [0.15, 0.2) is 0 Å². The minimum atomic E-state index is 0.924. The summed E-state index contributed by atoms with van der Waals surface area (Å²) in [5, 5.41) is 2.45. The van der Waals surface area contributed by atoms with Crippen LogP contribution in [0.2, 0.25) is 0 Å². The molecular formula is C59H45N. The van der Waals surface area contributed by atoms with Crippen LogP contribution in [0.1, 0.15) is 18.1 Å². The molecule has 0 amide bonds. The van der Waals surface area contributed by atoms with E-state index in [0.717, 1.165) is 56.0 Å². The molecule has 0 spiro atoms. The molecule has 0 unspecified atom stereocenters. The third kappa shape index (κ3) is 7.90. The topological polar surface area (TPSA) is 3.24 Å². The van der Waals surface area contributed by atoms with Crippen molar-refractivity contribution in [2.45, 2.75) is 6.92 Å². The number of hydrogen-bond acceptors (Lipinski definition) is 1. The number of anilines is 3. The van der Waals surface area contributed by atoms with E-state index < -0.39 is 0 Å². The molecule has 0 bridgehead atoms. The third-order valence-corrected chi connectivity index (χ3v) is 11.2. The highest BCUT2D eigenvalue weighted by atomic mass is 15.1. The lowest BCUT2D eigenvalue weighted by Crippen LogP contribution is -2.13. The number of allylic oxidation sites excluding steroid dienone is 5. The van der Waals surface area contributed by atoms with E-state index >= 15 is 0 Å². The number of fused-ring (bicyclic) bond motifs is 1. The molecule has 286 valence electrons. The molecule has 1 nitrogen and oxygen atoms in total. The Labute approximate surface area is 354 Å². The quantitative estimate of drug-likeness (QED) is 0.119. The van der Waals surface area contributed by atoms with Crippen LogP contribution >= 0.6 is 0 Å². The van der Waals surface area contributed by atoms with Gasteiger partial charge in [0.25, 0.3) is 0 Å². The lowest BCUT2D eigenvalue weighted by Gasteiger charge is -2.30. The van der Waals surface area contributed by atoms with Crippen LogP contribution in [0.5, 0.6) is 0 Å². The van der Waals surface area contributed by atoms with Crippen molar-refractivity contribution in [3.05, 3.63) is 260 Å². The Morgan fingerprint density at radius 1 is 0.417 bits per heavy atom. The van der Waals surface area contributed by atoms with Gasteiger partial charge < -0.3 is 4.90 Å². The molecule has 0 radical (unpaired) electrons. The molecule has 0 aliphatic heterocycles. The predicted molar refractivity (Wildman–Crippen MR) is 259 cm³/mol. The molecule has 0 aliphatic rings. The van der Waals surface area contributed by atoms with E-state index in [0.29, 0.717) is 0 Å². The highest BCUT2D eigenvalue weighted by Crippen LogP contribution is 2.46. The van der Waals surface area contributed by atoms with E-state index in [1.807, 2.05) is 0 Å². The summed E-state index contributed by atoms with van der Waals surface area (Å²) >= 11 is 0. The normalized spacial score (nSPS) is 11.5. The van der Waals surface area contributed by atoms with Gasteiger partial charge in [0, 0.05) is 16.8 Å². The zero-order valence-corrected chi connectivity index (χ0v) is 33.7. The van der Waals surface area contributed by atoms with Gasteiger partial charge in [0.2, 0.25) is 0 Å². The highest BCUT2D eigenvalue weighted by molar-refractivity contribution is 6.00. The summed E-state index contributed by atoms with van der Waals surface area (Å²) < 4.78 is 0. The SMILES string of the molecule is C=C(/C=C\C(=C/C)c1ccccc1)c1ccccc1N(c1ccc(-c2ccc(-c3ccccc3)cc2)cc1)c1cc(-c2cccc3ccccc23)ccc1-c1ccccc1.